The molecule has 2 heterocycles. The number of methoxy groups -OCH3 is 1. The summed E-state index contributed by atoms with van der Waals surface area (Å²) in [6.45, 7) is 1.25. The lowest BCUT2D eigenvalue weighted by Crippen LogP contribution is -2.31. The van der Waals surface area contributed by atoms with Crippen LogP contribution in [0, 0.1) is 5.82 Å². The van der Waals surface area contributed by atoms with Crippen molar-refractivity contribution in [2.75, 3.05) is 13.7 Å². The van der Waals surface area contributed by atoms with E-state index in [2.05, 4.69) is 20.9 Å². The smallest absolute Gasteiger partial charge is 0.337 e. The van der Waals surface area contributed by atoms with E-state index in [4.69, 9.17) is 14.2 Å². The molecule has 6 nitrogen and oxygen atoms in total. The molecule has 27 heavy (non-hydrogen) atoms. The van der Waals surface area contributed by atoms with Gasteiger partial charge >= 0.3 is 12.0 Å². The number of carbonyl (C=O) groups excluding carboxylic acids is 1. The van der Waals surface area contributed by atoms with Crippen LogP contribution in [-0.4, -0.2) is 35.3 Å². The minimum atomic E-state index is -0.502. The molecule has 1 aliphatic heterocycles. The van der Waals surface area contributed by atoms with Gasteiger partial charge in [-0.3, -0.25) is 4.57 Å². The number of fused-ring (bicyclic) bond motifs is 1. The largest absolute Gasteiger partial charge is 0.465 e. The first-order valence-corrected chi connectivity index (χ1v) is 9.17. The van der Waals surface area contributed by atoms with Crippen LogP contribution in [0.5, 0.6) is 11.8 Å². The van der Waals surface area contributed by atoms with Crippen molar-refractivity contribution in [2.45, 2.75) is 19.1 Å². The Morgan fingerprint density at radius 3 is 2.85 bits per heavy atom. The van der Waals surface area contributed by atoms with E-state index < -0.39 is 11.8 Å². The van der Waals surface area contributed by atoms with Crippen LogP contribution >= 0.6 is 15.9 Å². The fourth-order valence-corrected chi connectivity index (χ4v) is 3.23. The third kappa shape index (κ3) is 3.54. The molecule has 0 spiro atoms. The molecule has 0 N–H and O–H groups in total. The van der Waals surface area contributed by atoms with Crippen molar-refractivity contribution in [1.29, 1.82) is 0 Å². The number of ether oxygens (including phenoxy) is 3. The van der Waals surface area contributed by atoms with E-state index in [1.54, 1.807) is 24.3 Å². The van der Waals surface area contributed by atoms with Crippen molar-refractivity contribution in [3.63, 3.8) is 0 Å². The molecule has 1 atom stereocenters. The Kier molecular flexibility index (Phi) is 4.84. The van der Waals surface area contributed by atoms with Crippen LogP contribution in [0.1, 0.15) is 16.8 Å². The highest BCUT2D eigenvalue weighted by Gasteiger charge is 2.23. The molecule has 3 aromatic rings. The first kappa shape index (κ1) is 17.9. The minimum Gasteiger partial charge on any atom is -0.465 e. The van der Waals surface area contributed by atoms with Gasteiger partial charge in [0.1, 0.15) is 0 Å². The summed E-state index contributed by atoms with van der Waals surface area (Å²) in [6, 6.07) is 9.86. The highest BCUT2D eigenvalue weighted by Crippen LogP contribution is 2.31. The Balaban J connectivity index is 1.76. The zero-order valence-corrected chi connectivity index (χ0v) is 16.0. The van der Waals surface area contributed by atoms with Gasteiger partial charge in [-0.15, -0.1) is 0 Å². The summed E-state index contributed by atoms with van der Waals surface area (Å²) in [7, 11) is 1.32. The van der Waals surface area contributed by atoms with Crippen LogP contribution in [0.2, 0.25) is 0 Å². The highest BCUT2D eigenvalue weighted by molar-refractivity contribution is 9.10. The zero-order chi connectivity index (χ0) is 19.0. The van der Waals surface area contributed by atoms with Gasteiger partial charge in [-0.25, -0.2) is 9.18 Å². The van der Waals surface area contributed by atoms with Crippen LogP contribution in [-0.2, 0) is 16.0 Å². The molecule has 2 aromatic carbocycles. The molecule has 1 fully saturated rings. The highest BCUT2D eigenvalue weighted by atomic mass is 79.9. The quantitative estimate of drug-likeness (QED) is 0.560. The molecule has 8 heteroatoms. The fraction of sp³-hybridized carbons (Fsp3) is 0.263. The molecule has 0 bridgehead atoms. The Bertz CT molecular complexity index is 1020. The average Bonchev–Trinajstić information content (AvgIpc) is 2.96. The Morgan fingerprint density at radius 2 is 2.19 bits per heavy atom. The van der Waals surface area contributed by atoms with Gasteiger partial charge in [-0.05, 0) is 42.8 Å². The van der Waals surface area contributed by atoms with Crippen LogP contribution in [0.3, 0.4) is 0 Å². The zero-order valence-electron chi connectivity index (χ0n) is 14.4. The van der Waals surface area contributed by atoms with Crippen LogP contribution in [0.25, 0.3) is 11.0 Å². The number of hydrogen-bond acceptors (Lipinski definition) is 5. The maximum absolute atomic E-state index is 14.2. The molecule has 1 aromatic heterocycles. The van der Waals surface area contributed by atoms with Crippen molar-refractivity contribution in [3.8, 4) is 11.8 Å². The van der Waals surface area contributed by atoms with E-state index in [-0.39, 0.29) is 17.9 Å². The number of hydrogen-bond donors (Lipinski definition) is 0. The SMILES string of the molecule is COC(=O)c1ccc2c(c1)nc(Oc1ccc(Br)cc1F)n2CC1CCO1. The lowest BCUT2D eigenvalue weighted by Gasteiger charge is -2.27. The van der Waals surface area contributed by atoms with Gasteiger partial charge in [0.25, 0.3) is 0 Å². The lowest BCUT2D eigenvalue weighted by atomic mass is 10.1. The molecule has 1 unspecified atom stereocenters. The van der Waals surface area contributed by atoms with Gasteiger partial charge in [0.15, 0.2) is 11.6 Å². The summed E-state index contributed by atoms with van der Waals surface area (Å²) >= 11 is 3.23. The number of esters is 1. The molecule has 140 valence electrons. The Labute approximate surface area is 163 Å². The summed E-state index contributed by atoms with van der Waals surface area (Å²) in [5, 5.41) is 0. The minimum absolute atomic E-state index is 0.0554. The first-order chi connectivity index (χ1) is 13.0. The summed E-state index contributed by atoms with van der Waals surface area (Å²) in [4.78, 5) is 16.2. The van der Waals surface area contributed by atoms with E-state index in [0.717, 1.165) is 18.5 Å². The second-order valence-corrected chi connectivity index (χ2v) is 7.07. The topological polar surface area (TPSA) is 62.6 Å². The molecule has 0 saturated carbocycles. The number of benzene rings is 2. The standard InChI is InChI=1S/C19H16BrFN2O4/c1-25-18(24)11-2-4-16-15(8-11)22-19(23(16)10-13-6-7-26-13)27-17-5-3-12(20)9-14(17)21/h2-5,8-9,13H,6-7,10H2,1H3. The number of aromatic nitrogens is 2. The van der Waals surface area contributed by atoms with E-state index in [0.29, 0.717) is 22.1 Å². The predicted octanol–water partition coefficient (Wildman–Crippen LogP) is 4.31. The maximum Gasteiger partial charge on any atom is 0.337 e. The van der Waals surface area contributed by atoms with Gasteiger partial charge in [0.05, 0.1) is 36.4 Å². The van der Waals surface area contributed by atoms with Crippen molar-refractivity contribution < 1.29 is 23.4 Å². The molecule has 0 amide bonds. The van der Waals surface area contributed by atoms with Gasteiger partial charge in [0, 0.05) is 11.1 Å². The normalized spacial score (nSPS) is 16.2. The summed E-state index contributed by atoms with van der Waals surface area (Å²) in [5.41, 5.74) is 1.71. The fourth-order valence-electron chi connectivity index (χ4n) is 2.90. The second-order valence-electron chi connectivity index (χ2n) is 6.16. The van der Waals surface area contributed by atoms with E-state index in [1.165, 1.54) is 19.2 Å². The van der Waals surface area contributed by atoms with E-state index in [9.17, 15) is 9.18 Å². The van der Waals surface area contributed by atoms with Crippen molar-refractivity contribution in [1.82, 2.24) is 9.55 Å². The number of rotatable bonds is 5. The molecule has 1 aliphatic rings. The first-order valence-electron chi connectivity index (χ1n) is 8.38. The number of halogens is 2. The third-order valence-corrected chi connectivity index (χ3v) is 4.90. The Hall–Kier alpha value is -2.45. The van der Waals surface area contributed by atoms with Crippen molar-refractivity contribution in [3.05, 3.63) is 52.3 Å². The third-order valence-electron chi connectivity index (χ3n) is 4.41. The summed E-state index contributed by atoms with van der Waals surface area (Å²) in [5.74, 6) is -0.884. The monoisotopic (exact) mass is 434 g/mol. The van der Waals surface area contributed by atoms with Gasteiger partial charge in [0.2, 0.25) is 0 Å². The molecular formula is C19H16BrFN2O4. The van der Waals surface area contributed by atoms with Gasteiger partial charge in [-0.1, -0.05) is 15.9 Å². The average molecular weight is 435 g/mol. The van der Waals surface area contributed by atoms with Gasteiger partial charge < -0.3 is 14.2 Å². The van der Waals surface area contributed by atoms with Crippen LogP contribution in [0.15, 0.2) is 40.9 Å². The summed E-state index contributed by atoms with van der Waals surface area (Å²) in [6.07, 6.45) is 0.992. The van der Waals surface area contributed by atoms with E-state index in [1.807, 2.05) is 4.57 Å². The predicted molar refractivity (Wildman–Crippen MR) is 99.6 cm³/mol. The molecule has 1 saturated heterocycles. The number of nitrogens with zero attached hydrogens (tertiary/aromatic N) is 2. The van der Waals surface area contributed by atoms with E-state index >= 15 is 0 Å². The van der Waals surface area contributed by atoms with Crippen LogP contribution in [0.4, 0.5) is 4.39 Å². The van der Waals surface area contributed by atoms with Gasteiger partial charge in [-0.2, -0.15) is 4.98 Å². The lowest BCUT2D eigenvalue weighted by molar-refractivity contribution is -0.0593. The number of imidazole rings is 1. The Morgan fingerprint density at radius 1 is 1.37 bits per heavy atom. The molecule has 4 rings (SSSR count). The number of carbonyl (C=O) groups is 1. The molecular weight excluding hydrogens is 419 g/mol. The van der Waals surface area contributed by atoms with Crippen molar-refractivity contribution >= 4 is 32.9 Å². The maximum atomic E-state index is 14.2. The second kappa shape index (κ2) is 7.28. The summed E-state index contributed by atoms with van der Waals surface area (Å²) < 4.78 is 32.7. The molecule has 0 aliphatic carbocycles. The van der Waals surface area contributed by atoms with Crippen LogP contribution < -0.4 is 4.74 Å². The molecule has 0 radical (unpaired) electrons. The van der Waals surface area contributed by atoms with Crippen molar-refractivity contribution in [2.24, 2.45) is 0 Å².